The number of carbonyl (C=O) groups is 2. The van der Waals surface area contributed by atoms with E-state index in [0.717, 1.165) is 9.80 Å². The molecule has 0 N–H and O–H groups in total. The molecule has 0 aromatic heterocycles. The highest BCUT2D eigenvalue weighted by molar-refractivity contribution is 7.99. The highest BCUT2D eigenvalue weighted by atomic mass is 32.2. The van der Waals surface area contributed by atoms with Gasteiger partial charge >= 0.3 is 5.97 Å². The fourth-order valence-electron chi connectivity index (χ4n) is 2.91. The SMILES string of the molecule is [2H]C([2H])(N(C)C)C([2H])([2H])N1C(=O)[C@@H](OC(C)=O)[C@@H](c2ccc(OC)cc2)Sc2ccccc21. The van der Waals surface area contributed by atoms with Crippen LogP contribution in [0.3, 0.4) is 0 Å². The molecular formula is C22H26N2O4S. The van der Waals surface area contributed by atoms with Gasteiger partial charge in [0.05, 0.1) is 20.8 Å². The van der Waals surface area contributed by atoms with Gasteiger partial charge in [-0.05, 0) is 43.9 Å². The van der Waals surface area contributed by atoms with E-state index in [4.69, 9.17) is 15.0 Å². The molecule has 0 fully saturated rings. The van der Waals surface area contributed by atoms with Gasteiger partial charge in [-0.3, -0.25) is 9.59 Å². The zero-order valence-electron chi connectivity index (χ0n) is 20.7. The Bertz CT molecular complexity index is 1030. The lowest BCUT2D eigenvalue weighted by Crippen LogP contribution is -2.45. The van der Waals surface area contributed by atoms with Crippen LogP contribution in [0.15, 0.2) is 53.4 Å². The van der Waals surface area contributed by atoms with Crippen molar-refractivity contribution in [1.29, 1.82) is 0 Å². The number of para-hydroxylation sites is 1. The highest BCUT2D eigenvalue weighted by Gasteiger charge is 2.40. The van der Waals surface area contributed by atoms with Crippen molar-refractivity contribution >= 4 is 29.3 Å². The number of carbonyl (C=O) groups excluding carboxylic acids is 2. The van der Waals surface area contributed by atoms with Crippen molar-refractivity contribution in [3.8, 4) is 5.75 Å². The first-order valence-electron chi connectivity index (χ1n) is 11.0. The average Bonchev–Trinajstić information content (AvgIpc) is 2.88. The van der Waals surface area contributed by atoms with E-state index in [1.165, 1.54) is 39.9 Å². The van der Waals surface area contributed by atoms with Crippen LogP contribution in [0, 0.1) is 0 Å². The van der Waals surface area contributed by atoms with Crippen LogP contribution in [0.5, 0.6) is 5.75 Å². The van der Waals surface area contributed by atoms with Gasteiger partial charge in [0.25, 0.3) is 5.91 Å². The van der Waals surface area contributed by atoms with Gasteiger partial charge < -0.3 is 19.3 Å². The van der Waals surface area contributed by atoms with Gasteiger partial charge in [0.1, 0.15) is 5.75 Å². The Kier molecular flexibility index (Phi) is 5.24. The van der Waals surface area contributed by atoms with Crippen LogP contribution >= 0.6 is 11.8 Å². The number of amides is 1. The molecule has 0 saturated carbocycles. The molecule has 2 aromatic rings. The number of methoxy groups -OCH3 is 1. The molecule has 1 aliphatic rings. The molecule has 0 radical (unpaired) electrons. The van der Waals surface area contributed by atoms with E-state index in [2.05, 4.69) is 0 Å². The molecule has 0 aliphatic carbocycles. The Labute approximate surface area is 181 Å². The van der Waals surface area contributed by atoms with E-state index in [9.17, 15) is 9.59 Å². The van der Waals surface area contributed by atoms with Gasteiger partial charge in [-0.15, -0.1) is 11.8 Å². The number of rotatable bonds is 6. The number of fused-ring (bicyclic) bond motifs is 1. The lowest BCUT2D eigenvalue weighted by molar-refractivity contribution is -0.152. The van der Waals surface area contributed by atoms with E-state index in [0.29, 0.717) is 16.2 Å². The van der Waals surface area contributed by atoms with Crippen molar-refractivity contribution in [2.45, 2.75) is 23.2 Å². The van der Waals surface area contributed by atoms with E-state index in [-0.39, 0.29) is 5.69 Å². The number of esters is 1. The average molecular weight is 419 g/mol. The standard InChI is InChI=1S/C22H26N2O4S/c1-15(25)28-20-21(16-9-11-17(27-4)12-10-16)29-19-8-6-5-7-18(19)24(22(20)26)14-13-23(2)3/h5-12,20-21H,13-14H2,1-4H3/t20-,21+/m0/s1/i13D2,14D2. The van der Waals surface area contributed by atoms with Gasteiger partial charge in [-0.1, -0.05) is 24.3 Å². The lowest BCUT2D eigenvalue weighted by Gasteiger charge is -2.28. The Hall–Kier alpha value is -2.51. The molecule has 0 unspecified atom stereocenters. The summed E-state index contributed by atoms with van der Waals surface area (Å²) in [5, 5.41) is -0.695. The molecule has 2 aromatic carbocycles. The second-order valence-corrected chi connectivity index (χ2v) is 7.78. The van der Waals surface area contributed by atoms with Crippen molar-refractivity contribution in [2.24, 2.45) is 0 Å². The molecular weight excluding hydrogens is 388 g/mol. The molecule has 1 aliphatic heterocycles. The summed E-state index contributed by atoms with van der Waals surface area (Å²) in [4.78, 5) is 28.2. The van der Waals surface area contributed by atoms with Crippen LogP contribution in [0.1, 0.15) is 23.2 Å². The predicted molar refractivity (Wildman–Crippen MR) is 114 cm³/mol. The van der Waals surface area contributed by atoms with Crippen LogP contribution in [0.25, 0.3) is 0 Å². The molecule has 1 amide bonds. The molecule has 1 heterocycles. The fourth-order valence-corrected chi connectivity index (χ4v) is 4.21. The Morgan fingerprint density at radius 2 is 1.90 bits per heavy atom. The molecule has 0 bridgehead atoms. The van der Waals surface area contributed by atoms with Crippen molar-refractivity contribution in [3.63, 3.8) is 0 Å². The third-order valence-corrected chi connectivity index (χ3v) is 5.59. The highest BCUT2D eigenvalue weighted by Crippen LogP contribution is 2.46. The zero-order chi connectivity index (χ0) is 24.6. The zero-order valence-corrected chi connectivity index (χ0v) is 17.5. The largest absolute Gasteiger partial charge is 0.497 e. The lowest BCUT2D eigenvalue weighted by atomic mass is 10.1. The summed E-state index contributed by atoms with van der Waals surface area (Å²) in [7, 11) is 4.32. The van der Waals surface area contributed by atoms with E-state index in [1.54, 1.807) is 48.5 Å². The molecule has 154 valence electrons. The molecule has 6 nitrogen and oxygen atoms in total. The first kappa shape index (κ1) is 16.3. The molecule has 2 atom stereocenters. The first-order chi connectivity index (χ1) is 15.4. The molecule has 29 heavy (non-hydrogen) atoms. The van der Waals surface area contributed by atoms with Crippen molar-refractivity contribution < 1.29 is 24.5 Å². The maximum atomic E-state index is 13.9. The number of ether oxygens (including phenoxy) is 2. The summed E-state index contributed by atoms with van der Waals surface area (Å²) >= 11 is 1.25. The number of likely N-dealkylation sites (N-methyl/N-ethyl adjacent to an activating group) is 1. The Balaban J connectivity index is 2.22. The Morgan fingerprint density at radius 3 is 2.52 bits per heavy atom. The van der Waals surface area contributed by atoms with Gasteiger partial charge in [-0.2, -0.15) is 0 Å². The summed E-state index contributed by atoms with van der Waals surface area (Å²) < 4.78 is 44.8. The number of benzene rings is 2. The second-order valence-electron chi connectivity index (χ2n) is 6.60. The maximum Gasteiger partial charge on any atom is 0.303 e. The Morgan fingerprint density at radius 1 is 1.21 bits per heavy atom. The summed E-state index contributed by atoms with van der Waals surface area (Å²) in [6, 6.07) is 13.7. The van der Waals surface area contributed by atoms with Crippen LogP contribution in [-0.2, 0) is 14.3 Å². The van der Waals surface area contributed by atoms with Crippen LogP contribution in [0.2, 0.25) is 0 Å². The monoisotopic (exact) mass is 418 g/mol. The number of hydrogen-bond donors (Lipinski definition) is 0. The van der Waals surface area contributed by atoms with Gasteiger partial charge in [-0.25, -0.2) is 0 Å². The minimum absolute atomic E-state index is 0.205. The predicted octanol–water partition coefficient (Wildman–Crippen LogP) is 3.37. The normalized spacial score (nSPS) is 22.0. The summed E-state index contributed by atoms with van der Waals surface area (Å²) in [5.41, 5.74) is 0.879. The second kappa shape index (κ2) is 9.33. The van der Waals surface area contributed by atoms with Gasteiger partial charge in [0.15, 0.2) is 6.10 Å². The number of hydrogen-bond acceptors (Lipinski definition) is 6. The van der Waals surface area contributed by atoms with E-state index >= 15 is 0 Å². The van der Waals surface area contributed by atoms with Crippen molar-refractivity contribution in [1.82, 2.24) is 4.90 Å². The summed E-state index contributed by atoms with van der Waals surface area (Å²) in [6.07, 6.45) is -1.39. The first-order valence-corrected chi connectivity index (χ1v) is 9.88. The van der Waals surface area contributed by atoms with Crippen LogP contribution in [0.4, 0.5) is 5.69 Å². The number of anilines is 1. The van der Waals surface area contributed by atoms with Crippen molar-refractivity contribution in [2.75, 3.05) is 39.1 Å². The van der Waals surface area contributed by atoms with Gasteiger partial charge in [0.2, 0.25) is 0 Å². The third-order valence-electron chi connectivity index (χ3n) is 4.22. The third kappa shape index (κ3) is 4.92. The van der Waals surface area contributed by atoms with Crippen molar-refractivity contribution in [3.05, 3.63) is 54.1 Å². The topological polar surface area (TPSA) is 59.1 Å². The van der Waals surface area contributed by atoms with Crippen LogP contribution in [-0.4, -0.2) is 57.1 Å². The summed E-state index contributed by atoms with van der Waals surface area (Å²) in [5.74, 6) is -0.931. The van der Waals surface area contributed by atoms with E-state index < -0.39 is 36.2 Å². The smallest absolute Gasteiger partial charge is 0.303 e. The quantitative estimate of drug-likeness (QED) is 0.671. The van der Waals surface area contributed by atoms with E-state index in [1.807, 2.05) is 0 Å². The summed E-state index contributed by atoms with van der Waals surface area (Å²) in [6.45, 7) is -4.17. The molecule has 0 saturated heterocycles. The number of thioether (sulfide) groups is 1. The minimum atomic E-state index is -2.79. The van der Waals surface area contributed by atoms with Gasteiger partial charge in [0, 0.05) is 27.6 Å². The fraction of sp³-hybridized carbons (Fsp3) is 0.364. The molecule has 3 rings (SSSR count). The molecule has 0 spiro atoms. The number of nitrogens with zero attached hydrogens (tertiary/aromatic N) is 2. The van der Waals surface area contributed by atoms with Crippen LogP contribution < -0.4 is 9.64 Å². The minimum Gasteiger partial charge on any atom is -0.497 e. The molecule has 7 heteroatoms. The maximum absolute atomic E-state index is 13.9.